The van der Waals surface area contributed by atoms with Crippen LogP contribution < -0.4 is 4.74 Å². The van der Waals surface area contributed by atoms with Gasteiger partial charge in [0.2, 0.25) is 0 Å². The fourth-order valence-electron chi connectivity index (χ4n) is 1.00. The second kappa shape index (κ2) is 4.89. The fraction of sp³-hybridized carbons (Fsp3) is 0.200. The first-order valence-corrected chi connectivity index (χ1v) is 5.92. The van der Waals surface area contributed by atoms with Gasteiger partial charge in [-0.15, -0.1) is 0 Å². The Morgan fingerprint density at radius 1 is 1.22 bits per heavy atom. The zero-order valence-electron chi connectivity index (χ0n) is 9.19. The Hall–Kier alpha value is -1.70. The van der Waals surface area contributed by atoms with Gasteiger partial charge in [-0.2, -0.15) is 21.6 Å². The minimum atomic E-state index is -5.69. The first-order valence-electron chi connectivity index (χ1n) is 4.51. The van der Waals surface area contributed by atoms with Crippen molar-refractivity contribution in [2.45, 2.75) is 5.51 Å². The van der Waals surface area contributed by atoms with E-state index in [1.54, 1.807) is 0 Å². The van der Waals surface area contributed by atoms with Gasteiger partial charge in [0.05, 0.1) is 7.11 Å². The lowest BCUT2D eigenvalue weighted by Gasteiger charge is -2.11. The average molecular weight is 282 g/mol. The number of hydrogen-bond donors (Lipinski definition) is 0. The Kier molecular flexibility index (Phi) is 3.90. The SMILES string of the molecule is C=C(OS(=O)(=O)C(F)(F)F)c1ccc(OC)cc1. The number of alkyl halides is 3. The molecule has 0 fully saturated rings. The molecule has 0 unspecified atom stereocenters. The molecule has 1 aromatic carbocycles. The Balaban J connectivity index is 2.89. The van der Waals surface area contributed by atoms with Crippen LogP contribution in [0, 0.1) is 0 Å². The standard InChI is InChI=1S/C10H9F3O4S/c1-7(17-18(14,15)10(11,12)13)8-3-5-9(16-2)6-4-8/h3-6H,1H2,2H3. The molecule has 8 heteroatoms. The normalized spacial score (nSPS) is 12.0. The van der Waals surface area contributed by atoms with Crippen LogP contribution in [0.15, 0.2) is 30.8 Å². The molecule has 0 radical (unpaired) electrons. The Bertz CT molecular complexity index is 531. The lowest BCUT2D eigenvalue weighted by molar-refractivity contribution is -0.0509. The summed E-state index contributed by atoms with van der Waals surface area (Å²) in [7, 11) is -4.28. The first-order chi connectivity index (χ1) is 8.17. The van der Waals surface area contributed by atoms with Crippen molar-refractivity contribution in [3.05, 3.63) is 36.4 Å². The maximum atomic E-state index is 12.1. The molecule has 0 aliphatic heterocycles. The maximum Gasteiger partial charge on any atom is 0.534 e. The summed E-state index contributed by atoms with van der Waals surface area (Å²) in [5.41, 5.74) is -5.38. The van der Waals surface area contributed by atoms with Crippen LogP contribution in [0.2, 0.25) is 0 Å². The van der Waals surface area contributed by atoms with Gasteiger partial charge < -0.3 is 8.92 Å². The van der Waals surface area contributed by atoms with Crippen molar-refractivity contribution in [2.24, 2.45) is 0 Å². The number of rotatable bonds is 4. The molecule has 0 spiro atoms. The lowest BCUT2D eigenvalue weighted by atomic mass is 10.2. The van der Waals surface area contributed by atoms with Crippen LogP contribution in [0.4, 0.5) is 13.2 Å². The van der Waals surface area contributed by atoms with Crippen molar-refractivity contribution >= 4 is 15.9 Å². The van der Waals surface area contributed by atoms with E-state index in [0.717, 1.165) is 0 Å². The minimum Gasteiger partial charge on any atom is -0.497 e. The zero-order chi connectivity index (χ0) is 14.0. The Morgan fingerprint density at radius 2 is 1.72 bits per heavy atom. The molecule has 1 rings (SSSR count). The average Bonchev–Trinajstić information content (AvgIpc) is 2.27. The fourth-order valence-corrected chi connectivity index (χ4v) is 1.46. The van der Waals surface area contributed by atoms with E-state index in [1.807, 2.05) is 0 Å². The third-order valence-electron chi connectivity index (χ3n) is 1.91. The maximum absolute atomic E-state index is 12.1. The van der Waals surface area contributed by atoms with Gasteiger partial charge in [-0.1, -0.05) is 6.58 Å². The minimum absolute atomic E-state index is 0.101. The summed E-state index contributed by atoms with van der Waals surface area (Å²) in [6.07, 6.45) is 0. The van der Waals surface area contributed by atoms with Crippen LogP contribution >= 0.6 is 0 Å². The smallest absolute Gasteiger partial charge is 0.497 e. The van der Waals surface area contributed by atoms with Crippen LogP contribution in [0.1, 0.15) is 5.56 Å². The van der Waals surface area contributed by atoms with E-state index in [-0.39, 0.29) is 5.56 Å². The zero-order valence-corrected chi connectivity index (χ0v) is 10.0. The van der Waals surface area contributed by atoms with Gasteiger partial charge in [0.25, 0.3) is 0 Å². The topological polar surface area (TPSA) is 52.6 Å². The molecule has 0 aromatic heterocycles. The highest BCUT2D eigenvalue weighted by Gasteiger charge is 2.48. The van der Waals surface area contributed by atoms with Gasteiger partial charge in [-0.3, -0.25) is 0 Å². The van der Waals surface area contributed by atoms with Crippen LogP contribution in [0.25, 0.3) is 5.76 Å². The van der Waals surface area contributed by atoms with Gasteiger partial charge in [-0.25, -0.2) is 0 Å². The van der Waals surface area contributed by atoms with Gasteiger partial charge >= 0.3 is 15.6 Å². The summed E-state index contributed by atoms with van der Waals surface area (Å²) in [5, 5.41) is 0. The van der Waals surface area contributed by atoms with Crippen LogP contribution in [0.5, 0.6) is 5.75 Å². The molecule has 0 heterocycles. The van der Waals surface area contributed by atoms with Crippen LogP contribution in [0.3, 0.4) is 0 Å². The van der Waals surface area contributed by atoms with E-state index in [2.05, 4.69) is 10.8 Å². The van der Waals surface area contributed by atoms with E-state index in [9.17, 15) is 21.6 Å². The molecule has 18 heavy (non-hydrogen) atoms. The highest BCUT2D eigenvalue weighted by molar-refractivity contribution is 7.87. The highest BCUT2D eigenvalue weighted by Crippen LogP contribution is 2.29. The second-order valence-corrected chi connectivity index (χ2v) is 4.67. The molecule has 0 N–H and O–H groups in total. The molecule has 0 amide bonds. The molecule has 100 valence electrons. The summed E-state index contributed by atoms with van der Waals surface area (Å²) >= 11 is 0. The summed E-state index contributed by atoms with van der Waals surface area (Å²) in [4.78, 5) is 0. The number of hydrogen-bond acceptors (Lipinski definition) is 4. The second-order valence-electron chi connectivity index (χ2n) is 3.13. The monoisotopic (exact) mass is 282 g/mol. The molecule has 0 atom stereocenters. The van der Waals surface area contributed by atoms with E-state index >= 15 is 0 Å². The molecule has 0 saturated carbocycles. The quantitative estimate of drug-likeness (QED) is 0.484. The van der Waals surface area contributed by atoms with E-state index in [4.69, 9.17) is 4.74 Å². The number of ether oxygens (including phenoxy) is 1. The van der Waals surface area contributed by atoms with Gasteiger partial charge in [0.1, 0.15) is 11.5 Å². The van der Waals surface area contributed by atoms with Crippen molar-refractivity contribution in [2.75, 3.05) is 7.11 Å². The van der Waals surface area contributed by atoms with E-state index in [1.165, 1.54) is 31.4 Å². The molecule has 0 aliphatic rings. The molecular formula is C10H9F3O4S. The van der Waals surface area contributed by atoms with Gasteiger partial charge in [0.15, 0.2) is 0 Å². The van der Waals surface area contributed by atoms with Crippen molar-refractivity contribution in [3.63, 3.8) is 0 Å². The molecule has 0 saturated heterocycles. The predicted molar refractivity (Wildman–Crippen MR) is 58.1 cm³/mol. The summed E-state index contributed by atoms with van der Waals surface area (Å²) in [6, 6.07) is 5.52. The molecule has 0 aliphatic carbocycles. The number of benzene rings is 1. The lowest BCUT2D eigenvalue weighted by Crippen LogP contribution is -2.24. The van der Waals surface area contributed by atoms with Crippen molar-refractivity contribution in [1.29, 1.82) is 0 Å². The summed E-state index contributed by atoms with van der Waals surface area (Å²) in [5.74, 6) is -0.153. The van der Waals surface area contributed by atoms with Gasteiger partial charge in [-0.05, 0) is 24.3 Å². The third-order valence-corrected chi connectivity index (χ3v) is 2.89. The summed E-state index contributed by atoms with van der Waals surface area (Å²) < 4.78 is 66.3. The molecule has 4 nitrogen and oxygen atoms in total. The highest BCUT2D eigenvalue weighted by atomic mass is 32.2. The van der Waals surface area contributed by atoms with E-state index in [0.29, 0.717) is 5.75 Å². The first kappa shape index (κ1) is 14.4. The molecule has 0 bridgehead atoms. The summed E-state index contributed by atoms with van der Waals surface area (Å²) in [6.45, 7) is 3.14. The Morgan fingerprint density at radius 3 is 2.11 bits per heavy atom. The van der Waals surface area contributed by atoms with E-state index < -0.39 is 21.4 Å². The van der Waals surface area contributed by atoms with Crippen molar-refractivity contribution in [3.8, 4) is 5.75 Å². The third kappa shape index (κ3) is 3.16. The molecule has 1 aromatic rings. The largest absolute Gasteiger partial charge is 0.534 e. The van der Waals surface area contributed by atoms with Crippen LogP contribution in [-0.4, -0.2) is 21.0 Å². The van der Waals surface area contributed by atoms with Crippen molar-refractivity contribution in [1.82, 2.24) is 0 Å². The predicted octanol–water partition coefficient (Wildman–Crippen LogP) is 2.53. The van der Waals surface area contributed by atoms with Crippen molar-refractivity contribution < 1.29 is 30.5 Å². The van der Waals surface area contributed by atoms with Gasteiger partial charge in [0, 0.05) is 5.56 Å². The number of halogens is 3. The Labute approximate surface area is 102 Å². The molecular weight excluding hydrogens is 273 g/mol. The van der Waals surface area contributed by atoms with Crippen LogP contribution in [-0.2, 0) is 14.3 Å². The number of methoxy groups -OCH3 is 1.